The van der Waals surface area contributed by atoms with Crippen molar-refractivity contribution in [2.75, 3.05) is 27.4 Å². The third-order valence-corrected chi connectivity index (χ3v) is 3.25. The first-order chi connectivity index (χ1) is 11.5. The monoisotopic (exact) mass is 362 g/mol. The van der Waals surface area contributed by atoms with E-state index in [9.17, 15) is 29.4 Å². The molecule has 140 valence electrons. The molecule has 0 aromatic rings. The van der Waals surface area contributed by atoms with Crippen LogP contribution in [0.3, 0.4) is 0 Å². The summed E-state index contributed by atoms with van der Waals surface area (Å²) in [5, 5.41) is 21.3. The summed E-state index contributed by atoms with van der Waals surface area (Å²) in [6.07, 6.45) is 0. The van der Waals surface area contributed by atoms with Gasteiger partial charge in [-0.3, -0.25) is 9.59 Å². The van der Waals surface area contributed by atoms with E-state index in [0.29, 0.717) is 0 Å². The van der Waals surface area contributed by atoms with Gasteiger partial charge in [0.2, 0.25) is 0 Å². The molecule has 11 nitrogen and oxygen atoms in total. The first-order valence-corrected chi connectivity index (χ1v) is 6.84. The van der Waals surface area contributed by atoms with Crippen LogP contribution in [-0.2, 0) is 42.9 Å². The summed E-state index contributed by atoms with van der Waals surface area (Å²) in [5.74, 6) is -7.85. The van der Waals surface area contributed by atoms with E-state index in [2.05, 4.69) is 18.9 Å². The number of hydrogen-bond acceptors (Lipinski definition) is 11. The van der Waals surface area contributed by atoms with Gasteiger partial charge in [-0.15, -0.1) is 0 Å². The summed E-state index contributed by atoms with van der Waals surface area (Å²) >= 11 is 0. The maximum atomic E-state index is 12.1. The van der Waals surface area contributed by atoms with E-state index in [1.165, 1.54) is 0 Å². The van der Waals surface area contributed by atoms with E-state index in [1.54, 1.807) is 0 Å². The maximum Gasteiger partial charge on any atom is 0.350 e. The largest absolute Gasteiger partial charge is 0.466 e. The van der Waals surface area contributed by atoms with Gasteiger partial charge in [0.05, 0.1) is 14.2 Å². The van der Waals surface area contributed by atoms with Gasteiger partial charge >= 0.3 is 23.9 Å². The second-order valence-electron chi connectivity index (χ2n) is 4.94. The van der Waals surface area contributed by atoms with Crippen molar-refractivity contribution in [1.29, 1.82) is 0 Å². The first-order valence-electron chi connectivity index (χ1n) is 6.84. The van der Waals surface area contributed by atoms with Gasteiger partial charge in [-0.2, -0.15) is 0 Å². The van der Waals surface area contributed by atoms with Crippen molar-refractivity contribution in [3.63, 3.8) is 0 Å². The number of aliphatic hydroxyl groups is 2. The van der Waals surface area contributed by atoms with Crippen molar-refractivity contribution in [2.45, 2.75) is 25.2 Å². The van der Waals surface area contributed by atoms with Gasteiger partial charge in [-0.05, 0) is 0 Å². The van der Waals surface area contributed by atoms with Crippen LogP contribution in [0, 0.1) is 0 Å². The molecular formula is C14H18O11. The second kappa shape index (κ2) is 7.49. The predicted octanol–water partition coefficient (Wildman–Crippen LogP) is -1.84. The standard InChI is InChI=1S/C14H18O11/c1-7(15)23-5-9-10(11(17)21-3)14(20,12(18)22-4)13(19,25-9)6-24-8(2)16/h19-20H,5-6H2,1-4H3/t13-,14+/m0/s1. The Morgan fingerprint density at radius 2 is 1.56 bits per heavy atom. The average molecular weight is 362 g/mol. The average Bonchev–Trinajstić information content (AvgIpc) is 2.78. The van der Waals surface area contributed by atoms with Gasteiger partial charge in [0.25, 0.3) is 11.4 Å². The number of esters is 4. The molecule has 0 fully saturated rings. The van der Waals surface area contributed by atoms with E-state index < -0.39 is 59.8 Å². The number of carbonyl (C=O) groups is 4. The Morgan fingerprint density at radius 1 is 1.00 bits per heavy atom. The third kappa shape index (κ3) is 3.72. The molecule has 0 unspecified atom stereocenters. The van der Waals surface area contributed by atoms with Gasteiger partial charge in [-0.25, -0.2) is 9.59 Å². The summed E-state index contributed by atoms with van der Waals surface area (Å²) in [7, 11) is 1.82. The summed E-state index contributed by atoms with van der Waals surface area (Å²) in [6.45, 7) is 0.328. The van der Waals surface area contributed by atoms with Crippen molar-refractivity contribution in [2.24, 2.45) is 0 Å². The highest BCUT2D eigenvalue weighted by Crippen LogP contribution is 2.43. The molecule has 1 aliphatic heterocycles. The minimum atomic E-state index is -3.10. The molecule has 1 aliphatic rings. The number of hydrogen-bond donors (Lipinski definition) is 2. The Kier molecular flexibility index (Phi) is 6.10. The molecule has 0 bridgehead atoms. The second-order valence-corrected chi connectivity index (χ2v) is 4.94. The van der Waals surface area contributed by atoms with Gasteiger partial charge in [-0.1, -0.05) is 0 Å². The minimum Gasteiger partial charge on any atom is -0.466 e. The van der Waals surface area contributed by atoms with Gasteiger partial charge in [0.1, 0.15) is 12.2 Å². The molecule has 0 spiro atoms. The van der Waals surface area contributed by atoms with E-state index in [0.717, 1.165) is 28.1 Å². The van der Waals surface area contributed by atoms with Crippen LogP contribution in [0.4, 0.5) is 0 Å². The highest BCUT2D eigenvalue weighted by atomic mass is 16.7. The third-order valence-electron chi connectivity index (χ3n) is 3.25. The van der Waals surface area contributed by atoms with Gasteiger partial charge in [0, 0.05) is 13.8 Å². The highest BCUT2D eigenvalue weighted by Gasteiger charge is 2.69. The van der Waals surface area contributed by atoms with Crippen molar-refractivity contribution < 1.29 is 53.1 Å². The van der Waals surface area contributed by atoms with Crippen LogP contribution in [0.1, 0.15) is 13.8 Å². The zero-order valence-electron chi connectivity index (χ0n) is 14.0. The van der Waals surface area contributed by atoms with Crippen molar-refractivity contribution in [3.05, 3.63) is 11.3 Å². The lowest BCUT2D eigenvalue weighted by Crippen LogP contribution is -2.62. The quantitative estimate of drug-likeness (QED) is 0.404. The molecule has 2 atom stereocenters. The molecule has 0 aliphatic carbocycles. The van der Waals surface area contributed by atoms with Crippen LogP contribution >= 0.6 is 0 Å². The summed E-state index contributed by atoms with van der Waals surface area (Å²) in [4.78, 5) is 46.1. The zero-order chi connectivity index (χ0) is 19.4. The Balaban J connectivity index is 3.46. The van der Waals surface area contributed by atoms with E-state index in [4.69, 9.17) is 4.74 Å². The molecule has 0 aromatic carbocycles. The van der Waals surface area contributed by atoms with Gasteiger partial charge in [0.15, 0.2) is 12.4 Å². The lowest BCUT2D eigenvalue weighted by atomic mass is 9.86. The normalized spacial score (nSPS) is 25.0. The summed E-state index contributed by atoms with van der Waals surface area (Å²) in [5.41, 5.74) is -3.95. The van der Waals surface area contributed by atoms with Crippen molar-refractivity contribution in [3.8, 4) is 0 Å². The Morgan fingerprint density at radius 3 is 2.00 bits per heavy atom. The molecular weight excluding hydrogens is 344 g/mol. The molecule has 25 heavy (non-hydrogen) atoms. The summed E-state index contributed by atoms with van der Waals surface area (Å²) in [6, 6.07) is 0. The maximum absolute atomic E-state index is 12.1. The van der Waals surface area contributed by atoms with Crippen LogP contribution < -0.4 is 0 Å². The topological polar surface area (TPSA) is 155 Å². The van der Waals surface area contributed by atoms with Crippen LogP contribution in [0.25, 0.3) is 0 Å². The molecule has 11 heteroatoms. The molecule has 2 N–H and O–H groups in total. The van der Waals surface area contributed by atoms with Crippen LogP contribution in [0.5, 0.6) is 0 Å². The Bertz CT molecular complexity index is 622. The fourth-order valence-corrected chi connectivity index (χ4v) is 2.10. The van der Waals surface area contributed by atoms with Crippen LogP contribution in [0.15, 0.2) is 11.3 Å². The van der Waals surface area contributed by atoms with E-state index >= 15 is 0 Å². The zero-order valence-corrected chi connectivity index (χ0v) is 14.0. The summed E-state index contributed by atoms with van der Waals surface area (Å²) < 4.78 is 23.2. The smallest absolute Gasteiger partial charge is 0.350 e. The predicted molar refractivity (Wildman–Crippen MR) is 75.3 cm³/mol. The van der Waals surface area contributed by atoms with Crippen LogP contribution in [-0.4, -0.2) is 72.9 Å². The van der Waals surface area contributed by atoms with E-state index in [-0.39, 0.29) is 0 Å². The van der Waals surface area contributed by atoms with Gasteiger partial charge < -0.3 is 33.9 Å². The number of methoxy groups -OCH3 is 2. The van der Waals surface area contributed by atoms with Crippen molar-refractivity contribution in [1.82, 2.24) is 0 Å². The highest BCUT2D eigenvalue weighted by molar-refractivity contribution is 6.02. The lowest BCUT2D eigenvalue weighted by molar-refractivity contribution is -0.270. The Hall–Kier alpha value is -2.66. The molecule has 0 saturated heterocycles. The molecule has 0 aromatic heterocycles. The molecule has 1 heterocycles. The fourth-order valence-electron chi connectivity index (χ4n) is 2.10. The van der Waals surface area contributed by atoms with Crippen LogP contribution in [0.2, 0.25) is 0 Å². The minimum absolute atomic E-state index is 0.565. The molecule has 0 amide bonds. The molecule has 0 saturated carbocycles. The molecule has 0 radical (unpaired) electrons. The molecule has 1 rings (SSSR count). The first kappa shape index (κ1) is 20.4. The number of rotatable bonds is 6. The SMILES string of the molecule is COC(=O)C1=C(COC(C)=O)O[C@@](O)(COC(C)=O)[C@]1(O)C(=O)OC. The number of ether oxygens (including phenoxy) is 5. The van der Waals surface area contributed by atoms with Crippen molar-refractivity contribution >= 4 is 23.9 Å². The Labute approximate surface area is 142 Å². The fraction of sp³-hybridized carbons (Fsp3) is 0.571. The number of carbonyl (C=O) groups excluding carboxylic acids is 4. The lowest BCUT2D eigenvalue weighted by Gasteiger charge is -2.34. The van der Waals surface area contributed by atoms with E-state index in [1.807, 2.05) is 0 Å².